The summed E-state index contributed by atoms with van der Waals surface area (Å²) in [6, 6.07) is 0. The predicted octanol–water partition coefficient (Wildman–Crippen LogP) is 2.29. The molecule has 0 N–H and O–H groups in total. The van der Waals surface area contributed by atoms with Gasteiger partial charge in [-0.25, -0.2) is 0 Å². The van der Waals surface area contributed by atoms with Gasteiger partial charge in [0.25, 0.3) is 0 Å². The maximum absolute atomic E-state index is 4.83. The van der Waals surface area contributed by atoms with Gasteiger partial charge in [0.1, 0.15) is 0 Å². The first-order valence-electron chi connectivity index (χ1n) is 2.97. The summed E-state index contributed by atoms with van der Waals surface area (Å²) < 4.78 is 4.83. The summed E-state index contributed by atoms with van der Waals surface area (Å²) >= 11 is 3.15. The fourth-order valence-electron chi connectivity index (χ4n) is 0.204. The Labute approximate surface area is 85.8 Å². The Morgan fingerprint density at radius 2 is 1.44 bits per heavy atom. The minimum atomic E-state index is 0. The average Bonchev–Trinajstić information content (AvgIpc) is 1.71. The topological polar surface area (TPSA) is 9.23 Å². The molecule has 0 atom stereocenters. The predicted molar refractivity (Wildman–Crippen MR) is 49.6 cm³/mol. The minimum absolute atomic E-state index is 0. The van der Waals surface area contributed by atoms with Crippen molar-refractivity contribution in [1.29, 1.82) is 0 Å². The SMILES string of the molecule is CCBr.CCOCC.[H-].[H-].[Mg+2]. The van der Waals surface area contributed by atoms with Gasteiger partial charge in [0.2, 0.25) is 0 Å². The zero-order valence-electron chi connectivity index (χ0n) is 8.61. The van der Waals surface area contributed by atoms with Crippen molar-refractivity contribution in [1.82, 2.24) is 0 Å². The van der Waals surface area contributed by atoms with E-state index in [2.05, 4.69) is 15.9 Å². The van der Waals surface area contributed by atoms with Crippen LogP contribution < -0.4 is 0 Å². The normalized spacial score (nSPS) is 6.67. The Kier molecular flexibility index (Phi) is 42.3. The Morgan fingerprint density at radius 1 is 1.22 bits per heavy atom. The van der Waals surface area contributed by atoms with Crippen molar-refractivity contribution in [3.8, 4) is 0 Å². The molecule has 0 heterocycles. The van der Waals surface area contributed by atoms with Crippen LogP contribution in [0.25, 0.3) is 0 Å². The maximum atomic E-state index is 4.83. The van der Waals surface area contributed by atoms with Gasteiger partial charge in [-0.1, -0.05) is 22.9 Å². The van der Waals surface area contributed by atoms with Gasteiger partial charge in [0.15, 0.2) is 0 Å². The summed E-state index contributed by atoms with van der Waals surface area (Å²) in [7, 11) is 0. The van der Waals surface area contributed by atoms with Crippen LogP contribution in [0.4, 0.5) is 0 Å². The zero-order chi connectivity index (χ0) is 6.83. The van der Waals surface area contributed by atoms with Gasteiger partial charge in [-0.05, 0) is 13.8 Å². The average molecular weight is 209 g/mol. The van der Waals surface area contributed by atoms with Crippen molar-refractivity contribution in [3.63, 3.8) is 0 Å². The van der Waals surface area contributed by atoms with Crippen LogP contribution in [-0.4, -0.2) is 41.6 Å². The first-order chi connectivity index (χ1) is 3.83. The van der Waals surface area contributed by atoms with Gasteiger partial charge in [-0.3, -0.25) is 0 Å². The molecule has 0 rings (SSSR count). The smallest absolute Gasteiger partial charge is 1.00 e. The second kappa shape index (κ2) is 22.9. The largest absolute Gasteiger partial charge is 2.00 e. The maximum Gasteiger partial charge on any atom is 2.00 e. The Morgan fingerprint density at radius 3 is 1.44 bits per heavy atom. The van der Waals surface area contributed by atoms with Crippen LogP contribution >= 0.6 is 15.9 Å². The summed E-state index contributed by atoms with van der Waals surface area (Å²) in [6.45, 7) is 7.71. The summed E-state index contributed by atoms with van der Waals surface area (Å²) in [4.78, 5) is 0. The third-order valence-electron chi connectivity index (χ3n) is 0.408. The Bertz CT molecular complexity index is 34.5. The monoisotopic (exact) mass is 208 g/mol. The zero-order valence-corrected chi connectivity index (χ0v) is 9.61. The van der Waals surface area contributed by atoms with Gasteiger partial charge in [0.05, 0.1) is 0 Å². The molecule has 0 aliphatic rings. The summed E-state index contributed by atoms with van der Waals surface area (Å²) in [5.74, 6) is 0. The number of alkyl halides is 1. The number of hydrogen-bond donors (Lipinski definition) is 0. The second-order valence-corrected chi connectivity index (χ2v) is 2.17. The molecule has 0 fully saturated rings. The van der Waals surface area contributed by atoms with E-state index in [0.717, 1.165) is 18.5 Å². The van der Waals surface area contributed by atoms with Gasteiger partial charge in [-0.2, -0.15) is 0 Å². The number of rotatable bonds is 2. The fourth-order valence-corrected chi connectivity index (χ4v) is 0.204. The van der Waals surface area contributed by atoms with Crippen LogP contribution in [0, 0.1) is 0 Å². The quantitative estimate of drug-likeness (QED) is 0.501. The third-order valence-corrected chi connectivity index (χ3v) is 0.408. The first kappa shape index (κ1) is 16.7. The van der Waals surface area contributed by atoms with E-state index < -0.39 is 0 Å². The minimum Gasteiger partial charge on any atom is -1.00 e. The molecule has 0 bridgehead atoms. The van der Waals surface area contributed by atoms with Crippen LogP contribution in [0.1, 0.15) is 23.6 Å². The Balaban J connectivity index is -0.0000000183. The molecule has 0 aromatic rings. The molecule has 0 aromatic heterocycles. The summed E-state index contributed by atoms with van der Waals surface area (Å²) in [6.07, 6.45) is 0. The standard InChI is InChI=1S/C4H10O.C2H5Br.Mg.2H/c1-3-5-4-2;1-2-3;;;/h3-4H2,1-2H3;2H2,1H3;;;/q;;+2;2*-1. The molecule has 0 aliphatic carbocycles. The number of hydrogen-bond acceptors (Lipinski definition) is 1. The molecule has 0 spiro atoms. The van der Waals surface area contributed by atoms with E-state index in [9.17, 15) is 0 Å². The molecule has 9 heavy (non-hydrogen) atoms. The van der Waals surface area contributed by atoms with Crippen molar-refractivity contribution < 1.29 is 7.59 Å². The molecule has 1 nitrogen and oxygen atoms in total. The van der Waals surface area contributed by atoms with Crippen LogP contribution in [0.5, 0.6) is 0 Å². The van der Waals surface area contributed by atoms with Crippen molar-refractivity contribution in [2.45, 2.75) is 20.8 Å². The van der Waals surface area contributed by atoms with E-state index in [0.29, 0.717) is 0 Å². The van der Waals surface area contributed by atoms with Gasteiger partial charge < -0.3 is 7.59 Å². The van der Waals surface area contributed by atoms with Crippen molar-refractivity contribution >= 4 is 39.0 Å². The molecule has 0 radical (unpaired) electrons. The van der Waals surface area contributed by atoms with Crippen molar-refractivity contribution in [2.24, 2.45) is 0 Å². The number of ether oxygens (including phenoxy) is 1. The molecule has 0 unspecified atom stereocenters. The van der Waals surface area contributed by atoms with E-state index >= 15 is 0 Å². The molecular formula is C6H17BrMgO. The van der Waals surface area contributed by atoms with Crippen molar-refractivity contribution in [2.75, 3.05) is 18.5 Å². The molecule has 0 aliphatic heterocycles. The van der Waals surface area contributed by atoms with E-state index in [-0.39, 0.29) is 25.9 Å². The van der Waals surface area contributed by atoms with Crippen LogP contribution in [-0.2, 0) is 4.74 Å². The fraction of sp³-hybridized carbons (Fsp3) is 1.00. The molecule has 0 saturated carbocycles. The van der Waals surface area contributed by atoms with E-state index in [1.165, 1.54) is 0 Å². The van der Waals surface area contributed by atoms with Crippen molar-refractivity contribution in [3.05, 3.63) is 0 Å². The summed E-state index contributed by atoms with van der Waals surface area (Å²) in [5.41, 5.74) is 0. The number of halogens is 1. The van der Waals surface area contributed by atoms with Gasteiger partial charge in [0, 0.05) is 18.5 Å². The van der Waals surface area contributed by atoms with Crippen LogP contribution in [0.3, 0.4) is 0 Å². The molecule has 0 aromatic carbocycles. The second-order valence-electron chi connectivity index (χ2n) is 1.05. The molecule has 0 amide bonds. The molecular weight excluding hydrogens is 192 g/mol. The summed E-state index contributed by atoms with van der Waals surface area (Å²) in [5, 5.41) is 1.06. The Hall–Kier alpha value is 1.21. The van der Waals surface area contributed by atoms with E-state index in [4.69, 9.17) is 4.74 Å². The molecule has 56 valence electrons. The van der Waals surface area contributed by atoms with Gasteiger partial charge >= 0.3 is 23.1 Å². The third kappa shape index (κ3) is 46.5. The van der Waals surface area contributed by atoms with E-state index in [1.54, 1.807) is 0 Å². The van der Waals surface area contributed by atoms with Crippen LogP contribution in [0.2, 0.25) is 0 Å². The van der Waals surface area contributed by atoms with Gasteiger partial charge in [-0.15, -0.1) is 0 Å². The first-order valence-corrected chi connectivity index (χ1v) is 4.09. The molecule has 3 heteroatoms. The van der Waals surface area contributed by atoms with Crippen LogP contribution in [0.15, 0.2) is 0 Å². The van der Waals surface area contributed by atoms with E-state index in [1.807, 2.05) is 20.8 Å². The molecule has 0 saturated heterocycles.